The van der Waals surface area contributed by atoms with Gasteiger partial charge in [-0.15, -0.1) is 0 Å². The predicted octanol–water partition coefficient (Wildman–Crippen LogP) is 4.12. The number of aliphatic hydroxyl groups is 1. The molecule has 1 amide bonds. The molecule has 1 fully saturated rings. The van der Waals surface area contributed by atoms with E-state index in [9.17, 15) is 14.7 Å². The summed E-state index contributed by atoms with van der Waals surface area (Å²) >= 11 is 0. The number of Topliss-reactive ketones (excluding diaryl/α,β-unsaturated/α-hetero) is 1. The van der Waals surface area contributed by atoms with Crippen molar-refractivity contribution in [3.63, 3.8) is 0 Å². The molecule has 0 spiro atoms. The number of hydrogen-bond donors (Lipinski definition) is 1. The number of methoxy groups -OCH3 is 3. The van der Waals surface area contributed by atoms with E-state index in [4.69, 9.17) is 18.9 Å². The van der Waals surface area contributed by atoms with Crippen LogP contribution in [0.2, 0.25) is 0 Å². The van der Waals surface area contributed by atoms with Gasteiger partial charge in [-0.3, -0.25) is 9.59 Å². The molecule has 0 radical (unpaired) electrons. The number of nitrogens with zero attached hydrogens (tertiary/aromatic N) is 1. The Kier molecular flexibility index (Phi) is 8.40. The fourth-order valence-corrected chi connectivity index (χ4v) is 4.04. The fraction of sp³-hybridized carbons (Fsp3) is 0.407. The molecule has 0 bridgehead atoms. The highest BCUT2D eigenvalue weighted by atomic mass is 16.5. The maximum absolute atomic E-state index is 13.2. The Hall–Kier alpha value is -3.52. The van der Waals surface area contributed by atoms with Crippen LogP contribution in [-0.4, -0.2) is 62.8 Å². The number of likely N-dealkylation sites (tertiary alicyclic amines) is 1. The van der Waals surface area contributed by atoms with Gasteiger partial charge in [0.2, 0.25) is 0 Å². The van der Waals surface area contributed by atoms with Gasteiger partial charge in [0.1, 0.15) is 11.5 Å². The van der Waals surface area contributed by atoms with E-state index in [1.807, 2.05) is 6.92 Å². The minimum Gasteiger partial charge on any atom is -0.507 e. The normalized spacial score (nSPS) is 17.2. The molecule has 1 aliphatic heterocycles. The van der Waals surface area contributed by atoms with Crippen LogP contribution in [0.4, 0.5) is 0 Å². The van der Waals surface area contributed by atoms with E-state index in [-0.39, 0.29) is 24.5 Å². The summed E-state index contributed by atoms with van der Waals surface area (Å²) < 4.78 is 21.7. The van der Waals surface area contributed by atoms with E-state index >= 15 is 0 Å². The van der Waals surface area contributed by atoms with Crippen molar-refractivity contribution in [3.05, 3.63) is 58.7 Å². The SMILES string of the molecule is COCCN1C(=O)C(=O)C(=C(O)c2ccc(OCC(C)C)c(C)c2)[C@@H]1c1ccc(OC)c(OC)c1. The van der Waals surface area contributed by atoms with Crippen LogP contribution in [0.15, 0.2) is 42.0 Å². The van der Waals surface area contributed by atoms with Crippen LogP contribution in [-0.2, 0) is 14.3 Å². The van der Waals surface area contributed by atoms with Crippen molar-refractivity contribution in [2.45, 2.75) is 26.8 Å². The molecular weight excluding hydrogens is 450 g/mol. The summed E-state index contributed by atoms with van der Waals surface area (Å²) in [5.41, 5.74) is 1.85. The number of amides is 1. The lowest BCUT2D eigenvalue weighted by Gasteiger charge is -2.25. The highest BCUT2D eigenvalue weighted by Crippen LogP contribution is 2.42. The quantitative estimate of drug-likeness (QED) is 0.309. The van der Waals surface area contributed by atoms with Crippen molar-refractivity contribution >= 4 is 17.4 Å². The van der Waals surface area contributed by atoms with E-state index in [1.165, 1.54) is 26.2 Å². The molecule has 2 aromatic carbocycles. The number of carbonyl (C=O) groups excluding carboxylic acids is 2. The van der Waals surface area contributed by atoms with Crippen molar-refractivity contribution in [3.8, 4) is 17.2 Å². The summed E-state index contributed by atoms with van der Waals surface area (Å²) in [6, 6.07) is 9.54. The molecule has 1 atom stereocenters. The lowest BCUT2D eigenvalue weighted by atomic mass is 9.94. The summed E-state index contributed by atoms with van der Waals surface area (Å²) in [7, 11) is 4.56. The van der Waals surface area contributed by atoms with Crippen LogP contribution in [0.5, 0.6) is 17.2 Å². The van der Waals surface area contributed by atoms with Gasteiger partial charge in [-0.2, -0.15) is 0 Å². The third kappa shape index (κ3) is 5.43. The molecule has 0 aliphatic carbocycles. The Morgan fingerprint density at radius 3 is 2.29 bits per heavy atom. The zero-order chi connectivity index (χ0) is 25.7. The topological polar surface area (TPSA) is 94.5 Å². The van der Waals surface area contributed by atoms with Gasteiger partial charge in [0.25, 0.3) is 11.7 Å². The molecule has 8 heteroatoms. The van der Waals surface area contributed by atoms with Gasteiger partial charge in [-0.05, 0) is 54.3 Å². The molecule has 1 heterocycles. The number of ketones is 1. The van der Waals surface area contributed by atoms with Crippen molar-refractivity contribution in [2.75, 3.05) is 41.1 Å². The van der Waals surface area contributed by atoms with Crippen LogP contribution in [0.25, 0.3) is 5.76 Å². The number of benzene rings is 2. The molecule has 8 nitrogen and oxygen atoms in total. The smallest absolute Gasteiger partial charge is 0.295 e. The monoisotopic (exact) mass is 483 g/mol. The Balaban J connectivity index is 2.12. The summed E-state index contributed by atoms with van der Waals surface area (Å²) in [4.78, 5) is 27.6. The number of ether oxygens (including phenoxy) is 4. The van der Waals surface area contributed by atoms with Crippen LogP contribution in [0.1, 0.15) is 36.6 Å². The van der Waals surface area contributed by atoms with Gasteiger partial charge in [0, 0.05) is 19.2 Å². The molecule has 188 valence electrons. The first-order valence-corrected chi connectivity index (χ1v) is 11.5. The van der Waals surface area contributed by atoms with Crippen molar-refractivity contribution < 1.29 is 33.6 Å². The van der Waals surface area contributed by atoms with Gasteiger partial charge in [-0.25, -0.2) is 0 Å². The first kappa shape index (κ1) is 26.1. The van der Waals surface area contributed by atoms with Crippen molar-refractivity contribution in [2.24, 2.45) is 5.92 Å². The highest BCUT2D eigenvalue weighted by Gasteiger charge is 2.46. The van der Waals surface area contributed by atoms with Gasteiger partial charge in [0.05, 0.1) is 39.0 Å². The lowest BCUT2D eigenvalue weighted by molar-refractivity contribution is -0.140. The second kappa shape index (κ2) is 11.3. The van der Waals surface area contributed by atoms with Crippen LogP contribution < -0.4 is 14.2 Å². The summed E-state index contributed by atoms with van der Waals surface area (Å²) in [5, 5.41) is 11.3. The van der Waals surface area contributed by atoms with Crippen LogP contribution in [0.3, 0.4) is 0 Å². The van der Waals surface area contributed by atoms with E-state index in [0.29, 0.717) is 40.9 Å². The minimum atomic E-state index is -0.817. The first-order valence-electron chi connectivity index (χ1n) is 11.5. The Bertz CT molecular complexity index is 1120. The van der Waals surface area contributed by atoms with Gasteiger partial charge in [-0.1, -0.05) is 19.9 Å². The predicted molar refractivity (Wildman–Crippen MR) is 132 cm³/mol. The molecule has 0 unspecified atom stereocenters. The third-order valence-electron chi connectivity index (χ3n) is 5.82. The fourth-order valence-electron chi connectivity index (χ4n) is 4.04. The molecule has 2 aromatic rings. The van der Waals surface area contributed by atoms with E-state index in [1.54, 1.807) is 36.4 Å². The molecule has 3 rings (SSSR count). The van der Waals surface area contributed by atoms with E-state index in [2.05, 4.69) is 13.8 Å². The highest BCUT2D eigenvalue weighted by molar-refractivity contribution is 6.46. The Morgan fingerprint density at radius 1 is 1.00 bits per heavy atom. The van der Waals surface area contributed by atoms with E-state index < -0.39 is 17.7 Å². The zero-order valence-corrected chi connectivity index (χ0v) is 21.1. The minimum absolute atomic E-state index is 0.00794. The average molecular weight is 484 g/mol. The maximum atomic E-state index is 13.2. The summed E-state index contributed by atoms with van der Waals surface area (Å²) in [5.74, 6) is 0.330. The van der Waals surface area contributed by atoms with Crippen molar-refractivity contribution in [1.29, 1.82) is 0 Å². The average Bonchev–Trinajstić information content (AvgIpc) is 3.10. The number of rotatable bonds is 10. The van der Waals surface area contributed by atoms with Gasteiger partial charge < -0.3 is 29.0 Å². The standard InChI is InChI=1S/C27H33NO7/c1-16(2)15-35-20-9-8-19(13-17(20)3)25(29)23-24(28(11-12-32-4)27(31)26(23)30)18-7-10-21(33-5)22(14-18)34-6/h7-10,13-14,16,24,29H,11-12,15H2,1-6H3/t24-/m0/s1. The van der Waals surface area contributed by atoms with Crippen LogP contribution >= 0.6 is 0 Å². The first-order chi connectivity index (χ1) is 16.7. The molecular formula is C27H33NO7. The largest absolute Gasteiger partial charge is 0.507 e. The summed E-state index contributed by atoms with van der Waals surface area (Å²) in [6.45, 7) is 6.97. The molecule has 1 saturated heterocycles. The second-order valence-electron chi connectivity index (χ2n) is 8.78. The molecule has 0 aromatic heterocycles. The zero-order valence-electron chi connectivity index (χ0n) is 21.1. The molecule has 35 heavy (non-hydrogen) atoms. The molecule has 1 N–H and O–H groups in total. The Labute approximate surface area is 206 Å². The van der Waals surface area contributed by atoms with Crippen molar-refractivity contribution in [1.82, 2.24) is 4.90 Å². The number of aryl methyl sites for hydroxylation is 1. The van der Waals surface area contributed by atoms with E-state index in [0.717, 1.165) is 5.56 Å². The maximum Gasteiger partial charge on any atom is 0.295 e. The number of hydrogen-bond acceptors (Lipinski definition) is 7. The summed E-state index contributed by atoms with van der Waals surface area (Å²) in [6.07, 6.45) is 0. The molecule has 1 aliphatic rings. The second-order valence-corrected chi connectivity index (χ2v) is 8.78. The van der Waals surface area contributed by atoms with Gasteiger partial charge >= 0.3 is 0 Å². The number of carbonyl (C=O) groups is 2. The molecule has 0 saturated carbocycles. The van der Waals surface area contributed by atoms with Gasteiger partial charge in [0.15, 0.2) is 11.5 Å². The lowest BCUT2D eigenvalue weighted by Crippen LogP contribution is -2.32. The third-order valence-corrected chi connectivity index (χ3v) is 5.82. The van der Waals surface area contributed by atoms with Crippen LogP contribution in [0, 0.1) is 12.8 Å². The Morgan fingerprint density at radius 2 is 1.69 bits per heavy atom. The number of aliphatic hydroxyl groups excluding tert-OH is 1.